The number of hydrogen-bond donors (Lipinski definition) is 0. The second kappa shape index (κ2) is 10.4. The van der Waals surface area contributed by atoms with Gasteiger partial charge in [-0.2, -0.15) is 0 Å². The molecule has 0 heterocycles. The predicted molar refractivity (Wildman–Crippen MR) is 131 cm³/mol. The topological polar surface area (TPSA) is 44.8 Å². The summed E-state index contributed by atoms with van der Waals surface area (Å²) in [5, 5.41) is 0. The Kier molecular flexibility index (Phi) is 7.13. The number of carbonyl (C=O) groups is 1. The van der Waals surface area contributed by atoms with Gasteiger partial charge in [-0.1, -0.05) is 42.5 Å². The second-order valence-electron chi connectivity index (χ2n) is 8.21. The van der Waals surface area contributed by atoms with Crippen molar-refractivity contribution in [3.63, 3.8) is 0 Å². The van der Waals surface area contributed by atoms with Crippen molar-refractivity contribution in [1.29, 1.82) is 0 Å². The molecule has 0 aromatic heterocycles. The van der Waals surface area contributed by atoms with E-state index < -0.39 is 0 Å². The van der Waals surface area contributed by atoms with Gasteiger partial charge in [-0.25, -0.2) is 4.79 Å². The van der Waals surface area contributed by atoms with E-state index in [0.717, 1.165) is 29.9 Å². The minimum absolute atomic E-state index is 0.233. The van der Waals surface area contributed by atoms with E-state index in [0.29, 0.717) is 12.5 Å². The van der Waals surface area contributed by atoms with Crippen molar-refractivity contribution >= 4 is 12.0 Å². The van der Waals surface area contributed by atoms with Gasteiger partial charge in [0, 0.05) is 12.0 Å². The highest BCUT2D eigenvalue weighted by atomic mass is 16.5. The standard InChI is InChI=1S/C29H30O4/c1-4-33-28(30)18-7-20-5-8-22(9-6-20)29-26(21-10-13-24(31-2)14-11-21)16-12-23-19-25(32-3)15-17-27(23)29/h5-11,13-15,17-19,26,29H,4,12,16H2,1-3H3. The fraction of sp³-hybridized carbons (Fsp3) is 0.276. The summed E-state index contributed by atoms with van der Waals surface area (Å²) in [6.07, 6.45) is 5.34. The van der Waals surface area contributed by atoms with Crippen LogP contribution in [0.15, 0.2) is 72.8 Å². The molecule has 4 heteroatoms. The molecule has 4 rings (SSSR count). The highest BCUT2D eigenvalue weighted by Gasteiger charge is 2.32. The van der Waals surface area contributed by atoms with Crippen LogP contribution in [0.5, 0.6) is 11.5 Å². The van der Waals surface area contributed by atoms with Gasteiger partial charge in [-0.15, -0.1) is 0 Å². The SMILES string of the molecule is CCOC(=O)C=Cc1ccc(C2c3ccc(OC)cc3CCC2c2ccc(OC)cc2)cc1. The van der Waals surface area contributed by atoms with Crippen molar-refractivity contribution in [3.05, 3.63) is 101 Å². The largest absolute Gasteiger partial charge is 0.497 e. The van der Waals surface area contributed by atoms with E-state index in [4.69, 9.17) is 14.2 Å². The van der Waals surface area contributed by atoms with Crippen LogP contribution in [0.2, 0.25) is 0 Å². The molecule has 3 aromatic carbocycles. The van der Waals surface area contributed by atoms with Gasteiger partial charge >= 0.3 is 5.97 Å². The van der Waals surface area contributed by atoms with Crippen LogP contribution in [-0.4, -0.2) is 26.8 Å². The van der Waals surface area contributed by atoms with Crippen LogP contribution in [0.4, 0.5) is 0 Å². The molecule has 1 aliphatic rings. The van der Waals surface area contributed by atoms with Crippen molar-refractivity contribution in [3.8, 4) is 11.5 Å². The predicted octanol–water partition coefficient (Wildman–Crippen LogP) is 6.14. The zero-order chi connectivity index (χ0) is 23.2. The van der Waals surface area contributed by atoms with E-state index in [9.17, 15) is 4.79 Å². The van der Waals surface area contributed by atoms with Crippen LogP contribution in [0.3, 0.4) is 0 Å². The minimum Gasteiger partial charge on any atom is -0.497 e. The van der Waals surface area contributed by atoms with Crippen LogP contribution in [-0.2, 0) is 16.0 Å². The number of carbonyl (C=O) groups excluding carboxylic acids is 1. The summed E-state index contributed by atoms with van der Waals surface area (Å²) in [6.45, 7) is 2.18. The maximum absolute atomic E-state index is 11.6. The Bertz CT molecular complexity index is 1110. The Balaban J connectivity index is 1.69. The third kappa shape index (κ3) is 5.11. The molecule has 0 aliphatic heterocycles. The van der Waals surface area contributed by atoms with E-state index in [1.807, 2.05) is 12.1 Å². The highest BCUT2D eigenvalue weighted by molar-refractivity contribution is 5.87. The normalized spacial score (nSPS) is 17.4. The molecule has 0 bridgehead atoms. The average molecular weight is 443 g/mol. The molecule has 0 spiro atoms. The summed E-state index contributed by atoms with van der Waals surface area (Å²) < 4.78 is 15.8. The lowest BCUT2D eigenvalue weighted by Gasteiger charge is -2.35. The van der Waals surface area contributed by atoms with Gasteiger partial charge < -0.3 is 14.2 Å². The number of benzene rings is 3. The Morgan fingerprint density at radius 1 is 0.909 bits per heavy atom. The minimum atomic E-state index is -0.323. The molecular formula is C29H30O4. The zero-order valence-corrected chi connectivity index (χ0v) is 19.4. The first-order chi connectivity index (χ1) is 16.1. The molecule has 2 unspecified atom stereocenters. The lowest BCUT2D eigenvalue weighted by atomic mass is 9.69. The van der Waals surface area contributed by atoms with Gasteiger partial charge in [-0.05, 0) is 83.8 Å². The van der Waals surface area contributed by atoms with Crippen LogP contribution in [0, 0.1) is 0 Å². The van der Waals surface area contributed by atoms with Crippen LogP contribution < -0.4 is 9.47 Å². The summed E-state index contributed by atoms with van der Waals surface area (Å²) >= 11 is 0. The van der Waals surface area contributed by atoms with Gasteiger partial charge in [0.1, 0.15) is 11.5 Å². The summed E-state index contributed by atoms with van der Waals surface area (Å²) in [5.74, 6) is 2.04. The van der Waals surface area contributed by atoms with E-state index in [1.54, 1.807) is 27.2 Å². The third-order valence-corrected chi connectivity index (χ3v) is 6.35. The van der Waals surface area contributed by atoms with E-state index in [1.165, 1.54) is 28.3 Å². The molecular weight excluding hydrogens is 412 g/mol. The average Bonchev–Trinajstić information content (AvgIpc) is 2.87. The molecule has 0 N–H and O–H groups in total. The molecule has 0 amide bonds. The molecule has 0 fully saturated rings. The van der Waals surface area contributed by atoms with E-state index >= 15 is 0 Å². The fourth-order valence-corrected chi connectivity index (χ4v) is 4.71. The zero-order valence-electron chi connectivity index (χ0n) is 19.4. The summed E-state index contributed by atoms with van der Waals surface area (Å²) in [4.78, 5) is 11.6. The molecule has 33 heavy (non-hydrogen) atoms. The Hall–Kier alpha value is -3.53. The number of methoxy groups -OCH3 is 2. The molecule has 3 aromatic rings. The summed E-state index contributed by atoms with van der Waals surface area (Å²) in [7, 11) is 3.41. The van der Waals surface area contributed by atoms with Gasteiger partial charge in [0.2, 0.25) is 0 Å². The first-order valence-corrected chi connectivity index (χ1v) is 11.4. The van der Waals surface area contributed by atoms with Crippen LogP contribution >= 0.6 is 0 Å². The molecule has 2 atom stereocenters. The number of esters is 1. The molecule has 0 saturated carbocycles. The van der Waals surface area contributed by atoms with Crippen molar-refractivity contribution < 1.29 is 19.0 Å². The molecule has 0 radical (unpaired) electrons. The monoisotopic (exact) mass is 442 g/mol. The molecule has 170 valence electrons. The Morgan fingerprint density at radius 2 is 1.58 bits per heavy atom. The van der Waals surface area contributed by atoms with Crippen molar-refractivity contribution in [2.24, 2.45) is 0 Å². The molecule has 1 aliphatic carbocycles. The number of ether oxygens (including phenoxy) is 3. The van der Waals surface area contributed by atoms with E-state index in [-0.39, 0.29) is 11.9 Å². The van der Waals surface area contributed by atoms with Crippen molar-refractivity contribution in [1.82, 2.24) is 0 Å². The van der Waals surface area contributed by atoms with Gasteiger partial charge in [0.25, 0.3) is 0 Å². The summed E-state index contributed by atoms with van der Waals surface area (Å²) in [5.41, 5.74) is 6.23. The number of fused-ring (bicyclic) bond motifs is 1. The van der Waals surface area contributed by atoms with Gasteiger partial charge in [0.15, 0.2) is 0 Å². The molecule has 0 saturated heterocycles. The smallest absolute Gasteiger partial charge is 0.330 e. The number of rotatable bonds is 7. The summed E-state index contributed by atoms with van der Waals surface area (Å²) in [6, 6.07) is 23.4. The quantitative estimate of drug-likeness (QED) is 0.326. The van der Waals surface area contributed by atoms with Gasteiger partial charge in [-0.3, -0.25) is 0 Å². The number of aryl methyl sites for hydroxylation is 1. The van der Waals surface area contributed by atoms with Crippen LogP contribution in [0.1, 0.15) is 53.0 Å². The lowest BCUT2D eigenvalue weighted by Crippen LogP contribution is -2.20. The van der Waals surface area contributed by atoms with Crippen molar-refractivity contribution in [2.45, 2.75) is 31.6 Å². The maximum atomic E-state index is 11.6. The third-order valence-electron chi connectivity index (χ3n) is 6.35. The fourth-order valence-electron chi connectivity index (χ4n) is 4.71. The Morgan fingerprint density at radius 3 is 2.24 bits per heavy atom. The first-order valence-electron chi connectivity index (χ1n) is 11.4. The van der Waals surface area contributed by atoms with Crippen LogP contribution in [0.25, 0.3) is 6.08 Å². The highest BCUT2D eigenvalue weighted by Crippen LogP contribution is 2.47. The first kappa shape index (κ1) is 22.7. The Labute approximate surface area is 195 Å². The van der Waals surface area contributed by atoms with Gasteiger partial charge in [0.05, 0.1) is 20.8 Å². The van der Waals surface area contributed by atoms with E-state index in [2.05, 4.69) is 54.6 Å². The number of hydrogen-bond acceptors (Lipinski definition) is 4. The van der Waals surface area contributed by atoms with Crippen molar-refractivity contribution in [2.75, 3.05) is 20.8 Å². The maximum Gasteiger partial charge on any atom is 0.330 e. The lowest BCUT2D eigenvalue weighted by molar-refractivity contribution is -0.137. The molecule has 4 nitrogen and oxygen atoms in total. The second-order valence-corrected chi connectivity index (χ2v) is 8.21.